The van der Waals surface area contributed by atoms with Crippen molar-refractivity contribution < 1.29 is 18.7 Å². The van der Waals surface area contributed by atoms with Crippen molar-refractivity contribution in [1.29, 1.82) is 0 Å². The first-order valence-electron chi connectivity index (χ1n) is 16.4. The van der Waals surface area contributed by atoms with Crippen molar-refractivity contribution in [2.45, 2.75) is 50.9 Å². The molecular formula is C37H36Cl2N6O4. The molecule has 4 N–H and O–H groups in total. The molecule has 2 fully saturated rings. The number of nitrogens with zero attached hydrogens (tertiary/aromatic N) is 2. The molecule has 0 spiro atoms. The molecule has 0 aliphatic carbocycles. The lowest BCUT2D eigenvalue weighted by Gasteiger charge is -2.15. The third-order valence-electron chi connectivity index (χ3n) is 8.98. The average molecular weight is 700 g/mol. The SMILES string of the molecule is COc1nc(-c2cccc(-c3cccc(-c4ccc5nc(CNC[C@H]6CCC(=O)N6)oc5c4)c3Cl)c2Cl)ccc1CNC[C@@H]1CCC(=O)N1. The van der Waals surface area contributed by atoms with Gasteiger partial charge in [-0.25, -0.2) is 9.97 Å². The molecule has 2 aliphatic rings. The van der Waals surface area contributed by atoms with Gasteiger partial charge in [-0.1, -0.05) is 71.7 Å². The Bertz CT molecular complexity index is 2030. The topological polar surface area (TPSA) is 130 Å². The van der Waals surface area contributed by atoms with Crippen LogP contribution in [0, 0.1) is 0 Å². The molecule has 10 nitrogen and oxygen atoms in total. The van der Waals surface area contributed by atoms with Crippen molar-refractivity contribution in [3.63, 3.8) is 0 Å². The van der Waals surface area contributed by atoms with Gasteiger partial charge in [0.1, 0.15) is 5.52 Å². The first kappa shape index (κ1) is 33.0. The third kappa shape index (κ3) is 7.28. The summed E-state index contributed by atoms with van der Waals surface area (Å²) in [6.07, 6.45) is 2.81. The van der Waals surface area contributed by atoms with Gasteiger partial charge in [-0.05, 0) is 36.6 Å². The van der Waals surface area contributed by atoms with Crippen LogP contribution in [0.25, 0.3) is 44.6 Å². The minimum Gasteiger partial charge on any atom is -0.481 e. The number of oxazole rings is 1. The molecule has 12 heteroatoms. The summed E-state index contributed by atoms with van der Waals surface area (Å²) in [6, 6.07) is 21.8. The molecule has 0 saturated carbocycles. The van der Waals surface area contributed by atoms with E-state index in [0.29, 0.717) is 72.1 Å². The Balaban J connectivity index is 1.09. The van der Waals surface area contributed by atoms with Gasteiger partial charge in [0.25, 0.3) is 0 Å². The van der Waals surface area contributed by atoms with E-state index in [-0.39, 0.29) is 23.9 Å². The minimum atomic E-state index is 0.0972. The van der Waals surface area contributed by atoms with E-state index < -0.39 is 0 Å². The normalized spacial score (nSPS) is 17.4. The van der Waals surface area contributed by atoms with Crippen LogP contribution in [0.1, 0.15) is 37.1 Å². The fourth-order valence-electron chi connectivity index (χ4n) is 6.44. The molecule has 0 bridgehead atoms. The van der Waals surface area contributed by atoms with Gasteiger partial charge in [0.15, 0.2) is 5.58 Å². The van der Waals surface area contributed by atoms with E-state index in [4.69, 9.17) is 37.3 Å². The maximum absolute atomic E-state index is 11.5. The number of carbonyl (C=O) groups is 2. The van der Waals surface area contributed by atoms with Crippen molar-refractivity contribution >= 4 is 46.1 Å². The number of hydrogen-bond acceptors (Lipinski definition) is 8. The highest BCUT2D eigenvalue weighted by molar-refractivity contribution is 6.39. The average Bonchev–Trinajstić information content (AvgIpc) is 3.84. The number of amides is 2. The van der Waals surface area contributed by atoms with E-state index in [1.165, 1.54) is 0 Å². The van der Waals surface area contributed by atoms with Gasteiger partial charge < -0.3 is 30.4 Å². The fraction of sp³-hybridized carbons (Fsp3) is 0.297. The summed E-state index contributed by atoms with van der Waals surface area (Å²) < 4.78 is 11.7. The second kappa shape index (κ2) is 14.6. The monoisotopic (exact) mass is 698 g/mol. The van der Waals surface area contributed by atoms with Gasteiger partial charge in [-0.2, -0.15) is 0 Å². The van der Waals surface area contributed by atoms with Gasteiger partial charge in [-0.15, -0.1) is 0 Å². The number of methoxy groups -OCH3 is 1. The number of rotatable bonds is 12. The number of fused-ring (bicyclic) bond motifs is 1. The summed E-state index contributed by atoms with van der Waals surface area (Å²) in [7, 11) is 1.60. The molecule has 0 radical (unpaired) electrons. The van der Waals surface area contributed by atoms with Gasteiger partial charge >= 0.3 is 0 Å². The summed E-state index contributed by atoms with van der Waals surface area (Å²) in [4.78, 5) is 32.4. The highest BCUT2D eigenvalue weighted by atomic mass is 35.5. The first-order chi connectivity index (χ1) is 23.9. The Kier molecular flexibility index (Phi) is 9.81. The summed E-state index contributed by atoms with van der Waals surface area (Å²) in [5.41, 5.74) is 7.06. The van der Waals surface area contributed by atoms with E-state index >= 15 is 0 Å². The number of carbonyl (C=O) groups excluding carboxylic acids is 2. The second-order valence-corrected chi connectivity index (χ2v) is 13.1. The van der Waals surface area contributed by atoms with Crippen molar-refractivity contribution in [2.75, 3.05) is 20.2 Å². The van der Waals surface area contributed by atoms with Crippen molar-refractivity contribution in [3.8, 4) is 39.4 Å². The molecule has 2 aliphatic heterocycles. The van der Waals surface area contributed by atoms with Crippen molar-refractivity contribution in [3.05, 3.63) is 88.2 Å². The zero-order valence-corrected chi connectivity index (χ0v) is 28.5. The van der Waals surface area contributed by atoms with Gasteiger partial charge in [-0.3, -0.25) is 9.59 Å². The maximum atomic E-state index is 11.5. The van der Waals surface area contributed by atoms with Gasteiger partial charge in [0.05, 0.1) is 29.4 Å². The number of halogens is 2. The number of hydrogen-bond donors (Lipinski definition) is 4. The van der Waals surface area contributed by atoms with Crippen molar-refractivity contribution in [1.82, 2.24) is 31.2 Å². The predicted octanol–water partition coefficient (Wildman–Crippen LogP) is 6.28. The molecule has 7 rings (SSSR count). The lowest BCUT2D eigenvalue weighted by molar-refractivity contribution is -0.120. The van der Waals surface area contributed by atoms with Gasteiger partial charge in [0, 0.05) is 72.4 Å². The van der Waals surface area contributed by atoms with Crippen LogP contribution in [0.2, 0.25) is 10.0 Å². The highest BCUT2D eigenvalue weighted by Gasteiger charge is 2.22. The Hall–Kier alpha value is -4.48. The Morgan fingerprint density at radius 3 is 2.08 bits per heavy atom. The van der Waals surface area contributed by atoms with E-state index in [0.717, 1.165) is 51.7 Å². The first-order valence-corrected chi connectivity index (χ1v) is 17.1. The summed E-state index contributed by atoms with van der Waals surface area (Å²) in [5, 5.41) is 13.7. The van der Waals surface area contributed by atoms with Crippen LogP contribution in [0.3, 0.4) is 0 Å². The molecule has 2 saturated heterocycles. The highest BCUT2D eigenvalue weighted by Crippen LogP contribution is 2.42. The van der Waals surface area contributed by atoms with Crippen LogP contribution >= 0.6 is 23.2 Å². The smallest absolute Gasteiger partial charge is 0.220 e. The van der Waals surface area contributed by atoms with E-state index in [1.54, 1.807) is 7.11 Å². The molecule has 5 aromatic rings. The Labute approximate surface area is 293 Å². The molecule has 49 heavy (non-hydrogen) atoms. The fourth-order valence-corrected chi connectivity index (χ4v) is 7.10. The van der Waals surface area contributed by atoms with Gasteiger partial charge in [0.2, 0.25) is 23.6 Å². The number of benzene rings is 3. The number of ether oxygens (including phenoxy) is 1. The van der Waals surface area contributed by atoms with Crippen LogP contribution in [0.4, 0.5) is 0 Å². The van der Waals surface area contributed by atoms with Crippen LogP contribution in [0.5, 0.6) is 5.88 Å². The molecule has 2 amide bonds. The summed E-state index contributed by atoms with van der Waals surface area (Å²) in [5.74, 6) is 1.28. The molecule has 252 valence electrons. The van der Waals surface area contributed by atoms with Crippen molar-refractivity contribution in [2.24, 2.45) is 0 Å². The maximum Gasteiger partial charge on any atom is 0.220 e. The van der Waals surface area contributed by atoms with Crippen LogP contribution in [0.15, 0.2) is 71.1 Å². The Morgan fingerprint density at radius 2 is 1.43 bits per heavy atom. The molecule has 0 unspecified atom stereocenters. The Morgan fingerprint density at radius 1 is 0.796 bits per heavy atom. The third-order valence-corrected chi connectivity index (χ3v) is 9.80. The molecule has 3 aromatic carbocycles. The number of nitrogens with one attached hydrogen (secondary N) is 4. The quantitative estimate of drug-likeness (QED) is 0.120. The minimum absolute atomic E-state index is 0.0972. The molecule has 2 aromatic heterocycles. The summed E-state index contributed by atoms with van der Waals surface area (Å²) in [6.45, 7) is 2.36. The molecule has 2 atom stereocenters. The molecular weight excluding hydrogens is 663 g/mol. The molecule has 4 heterocycles. The lowest BCUT2D eigenvalue weighted by Crippen LogP contribution is -2.35. The number of aromatic nitrogens is 2. The van der Waals surface area contributed by atoms with Crippen LogP contribution in [-0.4, -0.2) is 54.1 Å². The zero-order valence-electron chi connectivity index (χ0n) is 26.9. The van der Waals surface area contributed by atoms with E-state index in [1.807, 2.05) is 66.7 Å². The number of pyridine rings is 1. The van der Waals surface area contributed by atoms with Crippen LogP contribution in [-0.2, 0) is 22.7 Å². The lowest BCUT2D eigenvalue weighted by atomic mass is 9.96. The largest absolute Gasteiger partial charge is 0.481 e. The second-order valence-electron chi connectivity index (χ2n) is 12.4. The van der Waals surface area contributed by atoms with E-state index in [9.17, 15) is 9.59 Å². The summed E-state index contributed by atoms with van der Waals surface area (Å²) >= 11 is 14.2. The van der Waals surface area contributed by atoms with Crippen LogP contribution < -0.4 is 26.0 Å². The zero-order chi connectivity index (χ0) is 33.9. The standard InChI is InChI=1S/C37H36Cl2N6O4/c1-48-37-22(17-40-18-23-10-14-32(46)42-23)9-12-29(45-37)28-7-3-6-27(36(28)39)26-5-2-4-25(35(26)38)21-8-13-30-31(16-21)49-34(44-30)20-41-19-24-11-15-33(47)43-24/h2-9,12-13,16,23-24,40-41H,10-11,14-15,17-20H2,1H3,(H,42,46)(H,43,47)/t23-,24+/m0/s1. The van der Waals surface area contributed by atoms with E-state index in [2.05, 4.69) is 26.3 Å². The predicted molar refractivity (Wildman–Crippen MR) is 190 cm³/mol.